The molecule has 80 valence electrons. The molecule has 0 N–H and O–H groups in total. The van der Waals surface area contributed by atoms with Crippen LogP contribution >= 0.6 is 11.6 Å². The van der Waals surface area contributed by atoms with Crippen molar-refractivity contribution in [2.45, 2.75) is 0 Å². The summed E-state index contributed by atoms with van der Waals surface area (Å²) >= 11 is 5.80. The summed E-state index contributed by atoms with van der Waals surface area (Å²) in [4.78, 5) is 4.06. The Balaban J connectivity index is 2.58. The normalized spacial score (nSPS) is 10.1. The molecule has 2 rings (SSSR count). The van der Waals surface area contributed by atoms with Gasteiger partial charge >= 0.3 is 0 Å². The molecule has 0 bridgehead atoms. The first-order valence-corrected chi connectivity index (χ1v) is 4.89. The average Bonchev–Trinajstić information content (AvgIpc) is 2.55. The Kier molecular flexibility index (Phi) is 2.63. The molecule has 0 aliphatic heterocycles. The van der Waals surface area contributed by atoms with E-state index in [1.54, 1.807) is 23.7 Å². The summed E-state index contributed by atoms with van der Waals surface area (Å²) in [5, 5.41) is 9.01. The minimum atomic E-state index is -0.315. The van der Waals surface area contributed by atoms with Gasteiger partial charge in [0.1, 0.15) is 17.7 Å². The minimum Gasteiger partial charge on any atom is -0.318 e. The number of nitrogens with zero attached hydrogens (tertiary/aromatic N) is 3. The van der Waals surface area contributed by atoms with Crippen molar-refractivity contribution >= 4 is 11.6 Å². The van der Waals surface area contributed by atoms with E-state index in [9.17, 15) is 4.39 Å². The monoisotopic (exact) mass is 235 g/mol. The number of aromatic nitrogens is 2. The molecule has 1 aromatic heterocycles. The van der Waals surface area contributed by atoms with Crippen LogP contribution in [-0.2, 0) is 7.05 Å². The van der Waals surface area contributed by atoms with Gasteiger partial charge in [-0.3, -0.25) is 0 Å². The van der Waals surface area contributed by atoms with Crippen molar-refractivity contribution < 1.29 is 4.39 Å². The topological polar surface area (TPSA) is 41.6 Å². The second-order valence-corrected chi connectivity index (χ2v) is 3.61. The Hall–Kier alpha value is -1.86. The molecular weight excluding hydrogens is 229 g/mol. The Labute approximate surface area is 96.7 Å². The summed E-state index contributed by atoms with van der Waals surface area (Å²) < 4.78 is 14.3. The summed E-state index contributed by atoms with van der Waals surface area (Å²) in [6.07, 6.45) is 0. The van der Waals surface area contributed by atoms with E-state index in [1.165, 1.54) is 12.1 Å². The average molecular weight is 236 g/mol. The number of imidazole rings is 1. The molecule has 3 nitrogen and oxygen atoms in total. The first kappa shape index (κ1) is 10.7. The van der Waals surface area contributed by atoms with Gasteiger partial charge in [0.05, 0.1) is 0 Å². The summed E-state index contributed by atoms with van der Waals surface area (Å²) in [7, 11) is 1.69. The lowest BCUT2D eigenvalue weighted by molar-refractivity contribution is 0.628. The molecular formula is C11H7ClFN3. The third-order valence-corrected chi connectivity index (χ3v) is 2.52. The zero-order chi connectivity index (χ0) is 11.7. The van der Waals surface area contributed by atoms with Gasteiger partial charge in [0, 0.05) is 12.6 Å². The molecule has 2 aromatic rings. The molecule has 0 saturated carbocycles. The molecule has 0 atom stereocenters. The first-order chi connectivity index (χ1) is 7.63. The molecule has 1 aromatic carbocycles. The van der Waals surface area contributed by atoms with E-state index in [4.69, 9.17) is 16.9 Å². The summed E-state index contributed by atoms with van der Waals surface area (Å²) in [6.45, 7) is 0. The van der Waals surface area contributed by atoms with E-state index in [2.05, 4.69) is 4.98 Å². The summed E-state index contributed by atoms with van der Waals surface area (Å²) in [5.74, 6) is 0.228. The number of nitriles is 1. The zero-order valence-electron chi connectivity index (χ0n) is 8.41. The van der Waals surface area contributed by atoms with Gasteiger partial charge < -0.3 is 4.57 Å². The van der Waals surface area contributed by atoms with Crippen LogP contribution in [0.3, 0.4) is 0 Å². The van der Waals surface area contributed by atoms with E-state index in [-0.39, 0.29) is 11.0 Å². The van der Waals surface area contributed by atoms with Gasteiger partial charge in [-0.15, -0.1) is 0 Å². The highest BCUT2D eigenvalue weighted by Gasteiger charge is 2.13. The van der Waals surface area contributed by atoms with E-state index >= 15 is 0 Å². The van der Waals surface area contributed by atoms with Gasteiger partial charge in [-0.2, -0.15) is 5.26 Å². The van der Waals surface area contributed by atoms with Crippen LogP contribution in [0.25, 0.3) is 11.4 Å². The van der Waals surface area contributed by atoms with Gasteiger partial charge in [-0.1, -0.05) is 11.6 Å². The number of hydrogen-bond acceptors (Lipinski definition) is 2. The highest BCUT2D eigenvalue weighted by atomic mass is 35.5. The largest absolute Gasteiger partial charge is 0.318 e. The second kappa shape index (κ2) is 3.95. The quantitative estimate of drug-likeness (QED) is 0.763. The lowest BCUT2D eigenvalue weighted by Gasteiger charge is -2.01. The Morgan fingerprint density at radius 2 is 2.00 bits per heavy atom. The fraction of sp³-hybridized carbons (Fsp3) is 0.0909. The molecule has 0 amide bonds. The second-order valence-electron chi connectivity index (χ2n) is 3.25. The summed E-state index contributed by atoms with van der Waals surface area (Å²) in [5.41, 5.74) is 1.01. The van der Waals surface area contributed by atoms with Crippen molar-refractivity contribution in [3.05, 3.63) is 40.9 Å². The third-order valence-electron chi connectivity index (χ3n) is 2.26. The first-order valence-electron chi connectivity index (χ1n) is 4.51. The Morgan fingerprint density at radius 1 is 1.38 bits per heavy atom. The zero-order valence-corrected chi connectivity index (χ0v) is 9.16. The molecule has 0 radical (unpaired) electrons. The van der Waals surface area contributed by atoms with Crippen LogP contribution in [0.5, 0.6) is 0 Å². The van der Waals surface area contributed by atoms with Gasteiger partial charge in [-0.25, -0.2) is 9.37 Å². The van der Waals surface area contributed by atoms with Gasteiger partial charge in [0.2, 0.25) is 0 Å². The number of benzene rings is 1. The van der Waals surface area contributed by atoms with Crippen molar-refractivity contribution in [3.8, 4) is 17.5 Å². The maximum Gasteiger partial charge on any atom is 0.166 e. The molecule has 16 heavy (non-hydrogen) atoms. The van der Waals surface area contributed by atoms with Crippen LogP contribution < -0.4 is 0 Å². The maximum absolute atomic E-state index is 12.7. The Bertz CT molecular complexity index is 566. The van der Waals surface area contributed by atoms with Gasteiger partial charge in [0.25, 0.3) is 0 Å². The molecule has 0 saturated heterocycles. The Morgan fingerprint density at radius 3 is 2.50 bits per heavy atom. The standard InChI is InChI=1S/C11H7ClFN3/c1-16-9(6-14)10(12)15-11(16)7-2-4-8(13)5-3-7/h2-5H,1H3. The molecule has 5 heteroatoms. The van der Waals surface area contributed by atoms with E-state index in [0.29, 0.717) is 17.1 Å². The molecule has 0 spiro atoms. The molecule has 0 fully saturated rings. The van der Waals surface area contributed by atoms with Gasteiger partial charge in [0.15, 0.2) is 10.8 Å². The minimum absolute atomic E-state index is 0.157. The van der Waals surface area contributed by atoms with Gasteiger partial charge in [-0.05, 0) is 24.3 Å². The molecule has 0 aliphatic carbocycles. The van der Waals surface area contributed by atoms with Crippen molar-refractivity contribution in [1.29, 1.82) is 5.26 Å². The highest BCUT2D eigenvalue weighted by Crippen LogP contribution is 2.23. The van der Waals surface area contributed by atoms with Crippen LogP contribution in [0.1, 0.15) is 5.69 Å². The third kappa shape index (κ3) is 1.66. The van der Waals surface area contributed by atoms with Crippen LogP contribution in [0, 0.1) is 17.1 Å². The van der Waals surface area contributed by atoms with Crippen LogP contribution in [0.15, 0.2) is 24.3 Å². The summed E-state index contributed by atoms with van der Waals surface area (Å²) in [6, 6.07) is 7.82. The number of halogens is 2. The highest BCUT2D eigenvalue weighted by molar-refractivity contribution is 6.30. The van der Waals surface area contributed by atoms with Crippen molar-refractivity contribution in [2.75, 3.05) is 0 Å². The SMILES string of the molecule is Cn1c(-c2ccc(F)cc2)nc(Cl)c1C#N. The maximum atomic E-state index is 12.7. The van der Waals surface area contributed by atoms with E-state index < -0.39 is 0 Å². The molecule has 0 aliphatic rings. The smallest absolute Gasteiger partial charge is 0.166 e. The molecule has 0 unspecified atom stereocenters. The molecule has 1 heterocycles. The number of hydrogen-bond donors (Lipinski definition) is 0. The van der Waals surface area contributed by atoms with Crippen molar-refractivity contribution in [3.63, 3.8) is 0 Å². The fourth-order valence-electron chi connectivity index (χ4n) is 1.44. The van der Waals surface area contributed by atoms with Crippen LogP contribution in [0.4, 0.5) is 4.39 Å². The predicted octanol–water partition coefficient (Wildman–Crippen LogP) is 2.75. The fourth-order valence-corrected chi connectivity index (χ4v) is 1.69. The lowest BCUT2D eigenvalue weighted by Crippen LogP contribution is -1.95. The van der Waals surface area contributed by atoms with Crippen molar-refractivity contribution in [1.82, 2.24) is 9.55 Å². The van der Waals surface area contributed by atoms with E-state index in [0.717, 1.165) is 0 Å². The lowest BCUT2D eigenvalue weighted by atomic mass is 10.2. The van der Waals surface area contributed by atoms with Crippen molar-refractivity contribution in [2.24, 2.45) is 7.05 Å². The number of rotatable bonds is 1. The van der Waals surface area contributed by atoms with Crippen LogP contribution in [-0.4, -0.2) is 9.55 Å². The predicted molar refractivity (Wildman–Crippen MR) is 58.3 cm³/mol. The van der Waals surface area contributed by atoms with E-state index in [1.807, 2.05) is 6.07 Å². The van der Waals surface area contributed by atoms with Crippen LogP contribution in [0.2, 0.25) is 5.15 Å².